The molecular weight excluding hydrogens is 404 g/mol. The van der Waals surface area contributed by atoms with Crippen LogP contribution in [0.5, 0.6) is 5.75 Å². The number of primary sulfonamides is 1. The van der Waals surface area contributed by atoms with Gasteiger partial charge in [-0.2, -0.15) is 0 Å². The van der Waals surface area contributed by atoms with Crippen LogP contribution < -0.4 is 10.5 Å². The monoisotopic (exact) mass is 420 g/mol. The summed E-state index contributed by atoms with van der Waals surface area (Å²) in [5, 5.41) is 62.4. The molecule has 1 aliphatic rings. The van der Waals surface area contributed by atoms with Crippen LogP contribution in [0.2, 0.25) is 0 Å². The van der Waals surface area contributed by atoms with E-state index >= 15 is 0 Å². The van der Waals surface area contributed by atoms with Gasteiger partial charge in [0.2, 0.25) is 0 Å². The highest BCUT2D eigenvalue weighted by Crippen LogP contribution is 2.51. The predicted octanol–water partition coefficient (Wildman–Crippen LogP) is -3.78. The van der Waals surface area contributed by atoms with Crippen molar-refractivity contribution in [1.29, 1.82) is 0 Å². The van der Waals surface area contributed by atoms with Gasteiger partial charge in [0, 0.05) is 5.56 Å². The highest BCUT2D eigenvalue weighted by Gasteiger charge is 2.56. The summed E-state index contributed by atoms with van der Waals surface area (Å²) in [7, 11) is -9.00. The van der Waals surface area contributed by atoms with Gasteiger partial charge in [0.05, 0.1) is 12.6 Å². The molecule has 12 nitrogen and oxygen atoms in total. The number of aromatic hydroxyl groups is 1. The van der Waals surface area contributed by atoms with Gasteiger partial charge in [-0.25, -0.2) is 22.0 Å². The average Bonchev–Trinajstić information content (AvgIpc) is 2.74. The van der Waals surface area contributed by atoms with E-state index in [0.717, 1.165) is 6.92 Å². The third kappa shape index (κ3) is 3.39. The van der Waals surface area contributed by atoms with Crippen molar-refractivity contribution in [3.8, 4) is 5.75 Å². The van der Waals surface area contributed by atoms with Crippen LogP contribution in [0.25, 0.3) is 0 Å². The minimum atomic E-state index is -4.53. The van der Waals surface area contributed by atoms with Crippen LogP contribution >= 0.6 is 11.3 Å². The largest absolute Gasteiger partial charge is 0.505 e. The number of nitrogens with two attached hydrogens (primary N) is 1. The van der Waals surface area contributed by atoms with Gasteiger partial charge < -0.3 is 30.6 Å². The van der Waals surface area contributed by atoms with Crippen molar-refractivity contribution in [2.24, 2.45) is 5.14 Å². The summed E-state index contributed by atoms with van der Waals surface area (Å²) in [6, 6.07) is -1.89. The third-order valence-electron chi connectivity index (χ3n) is 3.69. The van der Waals surface area contributed by atoms with Gasteiger partial charge in [0.15, 0.2) is 25.6 Å². The number of hydrogen-bond acceptors (Lipinski definition) is 12. The molecule has 144 valence electrons. The van der Waals surface area contributed by atoms with Crippen LogP contribution in [0, 0.1) is 0 Å². The first kappa shape index (κ1) is 20.4. The number of sulfone groups is 1. The highest BCUT2D eigenvalue weighted by molar-refractivity contribution is 7.95. The lowest BCUT2D eigenvalue weighted by Gasteiger charge is -2.40. The number of aliphatic hydroxyl groups is 5. The van der Waals surface area contributed by atoms with Crippen LogP contribution in [0.15, 0.2) is 8.42 Å². The molecule has 0 aromatic carbocycles. The molecule has 1 aliphatic heterocycles. The van der Waals surface area contributed by atoms with Crippen LogP contribution in [-0.2, 0) is 19.9 Å². The van der Waals surface area contributed by atoms with Crippen molar-refractivity contribution < 1.29 is 47.5 Å². The zero-order valence-electron chi connectivity index (χ0n) is 12.5. The zero-order valence-corrected chi connectivity index (χ0v) is 14.9. The zero-order chi connectivity index (χ0) is 19.6. The Labute approximate surface area is 145 Å². The summed E-state index contributed by atoms with van der Waals surface area (Å²) in [5.41, 5.74) is -0.721. The second kappa shape index (κ2) is 5.81. The Balaban J connectivity index is 2.76. The molecule has 2 heterocycles. The number of thiophene rings is 1. The van der Waals surface area contributed by atoms with Crippen molar-refractivity contribution in [1.82, 2.24) is 5.32 Å². The summed E-state index contributed by atoms with van der Waals surface area (Å²) in [4.78, 5) is 0. The molecule has 0 aliphatic carbocycles. The van der Waals surface area contributed by atoms with Gasteiger partial charge in [0.1, 0.15) is 9.46 Å². The average molecular weight is 420 g/mol. The van der Waals surface area contributed by atoms with E-state index in [1.54, 1.807) is 0 Å². The molecule has 0 saturated heterocycles. The Morgan fingerprint density at radius 2 is 1.84 bits per heavy atom. The maximum Gasteiger partial charge on any atom is 0.288 e. The predicted molar refractivity (Wildman–Crippen MR) is 81.3 cm³/mol. The summed E-state index contributed by atoms with van der Waals surface area (Å²) < 4.78 is 46.3. The van der Waals surface area contributed by atoms with Crippen LogP contribution in [0.4, 0.5) is 0 Å². The van der Waals surface area contributed by atoms with Gasteiger partial charge in [-0.3, -0.25) is 5.32 Å². The normalized spacial score (nSPS) is 25.6. The molecule has 0 spiro atoms. The van der Waals surface area contributed by atoms with E-state index in [9.17, 15) is 32.2 Å². The number of hydrogen-bond donors (Lipinski definition) is 8. The van der Waals surface area contributed by atoms with E-state index in [-0.39, 0.29) is 11.3 Å². The molecule has 0 fully saturated rings. The number of fused-ring (bicyclic) bond motifs is 1. The maximum atomic E-state index is 12.4. The Bertz CT molecular complexity index is 896. The molecule has 0 bridgehead atoms. The fraction of sp³-hybridized carbons (Fsp3) is 0.600. The van der Waals surface area contributed by atoms with E-state index in [2.05, 4.69) is 5.32 Å². The molecule has 1 aromatic heterocycles. The van der Waals surface area contributed by atoms with Crippen molar-refractivity contribution in [3.63, 3.8) is 0 Å². The van der Waals surface area contributed by atoms with Crippen molar-refractivity contribution >= 4 is 31.2 Å². The molecule has 25 heavy (non-hydrogen) atoms. The Hall–Kier alpha value is -0.880. The van der Waals surface area contributed by atoms with Gasteiger partial charge in [-0.15, -0.1) is 11.3 Å². The minimum Gasteiger partial charge on any atom is -0.505 e. The lowest BCUT2D eigenvalue weighted by atomic mass is 9.97. The third-order valence-corrected chi connectivity index (χ3v) is 9.09. The molecule has 1 aromatic rings. The van der Waals surface area contributed by atoms with E-state index in [1.165, 1.54) is 0 Å². The molecular formula is C10H16N2O10S3. The van der Waals surface area contributed by atoms with Crippen molar-refractivity contribution in [3.05, 3.63) is 5.56 Å². The van der Waals surface area contributed by atoms with Gasteiger partial charge in [-0.1, -0.05) is 0 Å². The van der Waals surface area contributed by atoms with Crippen LogP contribution in [0.3, 0.4) is 0 Å². The number of rotatable bonds is 4. The topological polar surface area (TPSA) is 228 Å². The fourth-order valence-electron chi connectivity index (χ4n) is 2.38. The Morgan fingerprint density at radius 3 is 2.28 bits per heavy atom. The summed E-state index contributed by atoms with van der Waals surface area (Å²) in [5.74, 6) is -7.52. The summed E-state index contributed by atoms with van der Waals surface area (Å²) in [6.45, 7) is -0.169. The Morgan fingerprint density at radius 1 is 1.32 bits per heavy atom. The molecule has 0 amide bonds. The molecule has 2 atom stereocenters. The van der Waals surface area contributed by atoms with E-state index in [0.29, 0.717) is 0 Å². The maximum absolute atomic E-state index is 12.4. The molecule has 2 rings (SSSR count). The second-order valence-corrected chi connectivity index (χ2v) is 10.8. The molecule has 15 heteroatoms. The van der Waals surface area contributed by atoms with Gasteiger partial charge >= 0.3 is 0 Å². The quantitative estimate of drug-likeness (QED) is 0.220. The molecule has 0 saturated carbocycles. The lowest BCUT2D eigenvalue weighted by Crippen LogP contribution is -2.58. The van der Waals surface area contributed by atoms with Crippen LogP contribution in [-0.4, -0.2) is 71.0 Å². The minimum absolute atomic E-state index is 0.117. The first-order chi connectivity index (χ1) is 11.0. The van der Waals surface area contributed by atoms with E-state index in [1.807, 2.05) is 0 Å². The summed E-state index contributed by atoms with van der Waals surface area (Å²) >= 11 is 0.117. The van der Waals surface area contributed by atoms with Crippen molar-refractivity contribution in [2.75, 3.05) is 6.54 Å². The Kier molecular flexibility index (Phi) is 4.75. The fourth-order valence-corrected chi connectivity index (χ4v) is 6.91. The summed E-state index contributed by atoms with van der Waals surface area (Å²) in [6.07, 6.45) is 0. The van der Waals surface area contributed by atoms with Gasteiger partial charge in [-0.05, 0) is 6.92 Å². The smallest absolute Gasteiger partial charge is 0.288 e. The van der Waals surface area contributed by atoms with E-state index in [4.69, 9.17) is 20.5 Å². The molecule has 0 radical (unpaired) electrons. The standard InChI is InChI=1S/C10H16N2O10S3/c1-3-10(17,18)6(12-2-9(14,15)16)4-5(13)8(25(11,21)22)23-7(4)24(3,19)20/h3,6,12-18H,2H2,1H3,(H2,11,21,22). The second-order valence-electron chi connectivity index (χ2n) is 5.54. The van der Waals surface area contributed by atoms with Crippen LogP contribution in [0.1, 0.15) is 18.5 Å². The lowest BCUT2D eigenvalue weighted by molar-refractivity contribution is -0.309. The molecule has 9 N–H and O–H groups in total. The van der Waals surface area contributed by atoms with Crippen molar-refractivity contribution in [2.45, 2.75) is 38.4 Å². The highest BCUT2D eigenvalue weighted by atomic mass is 32.3. The van der Waals surface area contributed by atoms with E-state index < -0.39 is 69.2 Å². The number of nitrogens with one attached hydrogen (secondary N) is 1. The van der Waals surface area contributed by atoms with Gasteiger partial charge in [0.25, 0.3) is 16.0 Å². The molecule has 2 unspecified atom stereocenters. The first-order valence-electron chi connectivity index (χ1n) is 6.49. The number of sulfonamides is 1. The SMILES string of the molecule is CC1C(O)(O)C(NCC(O)(O)O)c2c(sc(S(N)(=O)=O)c2O)S1(=O)=O. The first-order valence-corrected chi connectivity index (χ1v) is 10.4.